The Balaban J connectivity index is 1.82. The van der Waals surface area contributed by atoms with Crippen LogP contribution < -0.4 is 0 Å². The highest BCUT2D eigenvalue weighted by atomic mass is 35.5. The summed E-state index contributed by atoms with van der Waals surface area (Å²) >= 11 is 5.91. The van der Waals surface area contributed by atoms with E-state index >= 15 is 0 Å². The van der Waals surface area contributed by atoms with E-state index in [2.05, 4.69) is 10.1 Å². The highest BCUT2D eigenvalue weighted by molar-refractivity contribution is 7.89. The molecule has 0 bridgehead atoms. The van der Waals surface area contributed by atoms with E-state index in [4.69, 9.17) is 20.9 Å². The maximum absolute atomic E-state index is 12.8. The topological polar surface area (TPSA) is 85.5 Å². The van der Waals surface area contributed by atoms with Crippen LogP contribution in [0.1, 0.15) is 37.6 Å². The number of sulfonamides is 1. The highest BCUT2D eigenvalue weighted by Crippen LogP contribution is 2.27. The fraction of sp³-hybridized carbons (Fsp3) is 0.467. The van der Waals surface area contributed by atoms with E-state index in [0.29, 0.717) is 16.7 Å². The van der Waals surface area contributed by atoms with Gasteiger partial charge in [-0.05, 0) is 18.2 Å². The van der Waals surface area contributed by atoms with E-state index in [9.17, 15) is 8.42 Å². The molecule has 24 heavy (non-hydrogen) atoms. The van der Waals surface area contributed by atoms with E-state index in [0.717, 1.165) is 0 Å². The lowest BCUT2D eigenvalue weighted by atomic mass is 10.2. The Kier molecular flexibility index (Phi) is 4.91. The molecule has 1 saturated heterocycles. The van der Waals surface area contributed by atoms with Crippen LogP contribution in [0.4, 0.5) is 0 Å². The lowest BCUT2D eigenvalue weighted by Crippen LogP contribution is -2.42. The first kappa shape index (κ1) is 17.3. The van der Waals surface area contributed by atoms with E-state index in [1.54, 1.807) is 12.1 Å². The predicted octanol–water partition coefficient (Wildman–Crippen LogP) is 2.61. The van der Waals surface area contributed by atoms with Crippen LogP contribution >= 0.6 is 11.6 Å². The number of ether oxygens (including phenoxy) is 1. The van der Waals surface area contributed by atoms with Gasteiger partial charge in [0.2, 0.25) is 21.7 Å². The molecule has 2 heterocycles. The Labute approximate surface area is 145 Å². The molecule has 0 N–H and O–H groups in total. The van der Waals surface area contributed by atoms with Crippen LogP contribution in [0, 0.1) is 0 Å². The normalized spacial score (nSPS) is 19.8. The summed E-state index contributed by atoms with van der Waals surface area (Å²) in [4.78, 5) is 4.45. The van der Waals surface area contributed by atoms with Crippen molar-refractivity contribution in [3.63, 3.8) is 0 Å². The molecule has 1 fully saturated rings. The number of benzene rings is 1. The first-order chi connectivity index (χ1) is 11.4. The third kappa shape index (κ3) is 3.46. The van der Waals surface area contributed by atoms with Crippen molar-refractivity contribution in [2.24, 2.45) is 0 Å². The van der Waals surface area contributed by atoms with Gasteiger partial charge in [0.05, 0.1) is 11.5 Å². The lowest BCUT2D eigenvalue weighted by Gasteiger charge is -2.30. The average Bonchev–Trinajstić information content (AvgIpc) is 3.05. The molecule has 9 heteroatoms. The molecule has 2 aromatic rings. The molecule has 7 nitrogen and oxygen atoms in total. The fourth-order valence-corrected chi connectivity index (χ4v) is 4.12. The van der Waals surface area contributed by atoms with Gasteiger partial charge in [-0.15, -0.1) is 0 Å². The molecule has 0 saturated carbocycles. The number of nitrogens with zero attached hydrogens (tertiary/aromatic N) is 3. The van der Waals surface area contributed by atoms with Gasteiger partial charge in [0, 0.05) is 24.0 Å². The Morgan fingerprint density at radius 1 is 1.38 bits per heavy atom. The van der Waals surface area contributed by atoms with Gasteiger partial charge in [0.25, 0.3) is 0 Å². The molecule has 1 atom stereocenters. The lowest BCUT2D eigenvalue weighted by molar-refractivity contribution is -0.00859. The summed E-state index contributed by atoms with van der Waals surface area (Å²) in [5, 5.41) is 4.29. The van der Waals surface area contributed by atoms with Crippen molar-refractivity contribution in [1.82, 2.24) is 14.4 Å². The third-order valence-corrected chi connectivity index (χ3v) is 5.80. The zero-order valence-electron chi connectivity index (χ0n) is 13.3. The van der Waals surface area contributed by atoms with Gasteiger partial charge < -0.3 is 9.26 Å². The number of hydrogen-bond acceptors (Lipinski definition) is 6. The van der Waals surface area contributed by atoms with Gasteiger partial charge in [0.1, 0.15) is 6.10 Å². The van der Waals surface area contributed by atoms with E-state index < -0.39 is 16.1 Å². The molecule has 3 rings (SSSR count). The van der Waals surface area contributed by atoms with Crippen LogP contribution in [-0.2, 0) is 14.8 Å². The largest absolute Gasteiger partial charge is 0.367 e. The maximum atomic E-state index is 12.8. The summed E-state index contributed by atoms with van der Waals surface area (Å²) in [6.07, 6.45) is -0.552. The van der Waals surface area contributed by atoms with Crippen LogP contribution in [0.25, 0.3) is 0 Å². The molecule has 0 aliphatic carbocycles. The van der Waals surface area contributed by atoms with Crippen LogP contribution in [0.15, 0.2) is 33.7 Å². The minimum Gasteiger partial charge on any atom is -0.367 e. The third-order valence-electron chi connectivity index (χ3n) is 3.70. The van der Waals surface area contributed by atoms with Crippen molar-refractivity contribution in [2.75, 3.05) is 19.7 Å². The quantitative estimate of drug-likeness (QED) is 0.821. The van der Waals surface area contributed by atoms with Crippen molar-refractivity contribution in [3.05, 3.63) is 41.0 Å². The van der Waals surface area contributed by atoms with E-state index in [-0.39, 0.29) is 30.5 Å². The monoisotopic (exact) mass is 371 g/mol. The summed E-state index contributed by atoms with van der Waals surface area (Å²) in [5.74, 6) is 0.967. The summed E-state index contributed by atoms with van der Waals surface area (Å²) in [5.41, 5.74) is 0. The Morgan fingerprint density at radius 2 is 2.17 bits per heavy atom. The molecule has 1 unspecified atom stereocenters. The molecule has 0 amide bonds. The molecule has 1 aromatic heterocycles. The van der Waals surface area contributed by atoms with Gasteiger partial charge in [-0.1, -0.05) is 36.7 Å². The molecular formula is C15H18ClN3O4S. The number of rotatable bonds is 4. The molecule has 1 aliphatic heterocycles. The second-order valence-corrected chi connectivity index (χ2v) is 8.20. The van der Waals surface area contributed by atoms with Crippen molar-refractivity contribution in [3.8, 4) is 0 Å². The molecular weight excluding hydrogens is 354 g/mol. The van der Waals surface area contributed by atoms with Crippen LogP contribution in [0.3, 0.4) is 0 Å². The van der Waals surface area contributed by atoms with Crippen molar-refractivity contribution in [1.29, 1.82) is 0 Å². The first-order valence-corrected chi connectivity index (χ1v) is 9.40. The van der Waals surface area contributed by atoms with Crippen molar-refractivity contribution in [2.45, 2.75) is 30.8 Å². The predicted molar refractivity (Wildman–Crippen MR) is 87.3 cm³/mol. The fourth-order valence-electron chi connectivity index (χ4n) is 2.39. The number of halogens is 1. The van der Waals surface area contributed by atoms with Gasteiger partial charge >= 0.3 is 0 Å². The van der Waals surface area contributed by atoms with Gasteiger partial charge in [-0.2, -0.15) is 9.29 Å². The van der Waals surface area contributed by atoms with E-state index in [1.165, 1.54) is 16.4 Å². The Hall–Kier alpha value is -1.48. The Morgan fingerprint density at radius 3 is 2.83 bits per heavy atom. The number of aromatic nitrogens is 2. The first-order valence-electron chi connectivity index (χ1n) is 7.59. The highest BCUT2D eigenvalue weighted by Gasteiger charge is 2.33. The number of hydrogen-bond donors (Lipinski definition) is 0. The molecule has 1 aromatic carbocycles. The Bertz CT molecular complexity index is 822. The zero-order chi connectivity index (χ0) is 17.3. The zero-order valence-corrected chi connectivity index (χ0v) is 14.9. The second-order valence-electron chi connectivity index (χ2n) is 5.83. The summed E-state index contributed by atoms with van der Waals surface area (Å²) in [7, 11) is -3.65. The van der Waals surface area contributed by atoms with Gasteiger partial charge in [0.15, 0.2) is 0 Å². The maximum Gasteiger partial charge on any atom is 0.243 e. The van der Waals surface area contributed by atoms with Gasteiger partial charge in [-0.3, -0.25) is 0 Å². The van der Waals surface area contributed by atoms with Gasteiger partial charge in [-0.25, -0.2) is 8.42 Å². The number of morpholine rings is 1. The van der Waals surface area contributed by atoms with Crippen LogP contribution in [-0.4, -0.2) is 42.6 Å². The van der Waals surface area contributed by atoms with Crippen LogP contribution in [0.2, 0.25) is 5.02 Å². The summed E-state index contributed by atoms with van der Waals surface area (Å²) < 4.78 is 37.7. The molecule has 1 aliphatic rings. The van der Waals surface area contributed by atoms with Crippen molar-refractivity contribution < 1.29 is 17.7 Å². The smallest absolute Gasteiger partial charge is 0.243 e. The minimum absolute atomic E-state index is 0.0983. The van der Waals surface area contributed by atoms with Crippen molar-refractivity contribution >= 4 is 21.6 Å². The van der Waals surface area contributed by atoms with Crippen LogP contribution in [0.5, 0.6) is 0 Å². The SMILES string of the molecule is CC(C)c1nc(C2CN(S(=O)(=O)c3cccc(Cl)c3)CCO2)no1. The summed E-state index contributed by atoms with van der Waals surface area (Å²) in [6.45, 7) is 4.53. The average molecular weight is 372 g/mol. The standard InChI is InChI=1S/C15H18ClN3O4S/c1-10(2)15-17-14(18-23-15)13-9-19(6-7-22-13)24(20,21)12-5-3-4-11(16)8-12/h3-5,8,10,13H,6-7,9H2,1-2H3. The second kappa shape index (κ2) is 6.79. The molecule has 130 valence electrons. The van der Waals surface area contributed by atoms with E-state index in [1.807, 2.05) is 13.8 Å². The summed E-state index contributed by atoms with van der Waals surface area (Å²) in [6, 6.07) is 6.21. The molecule has 0 radical (unpaired) electrons. The molecule has 0 spiro atoms. The minimum atomic E-state index is -3.65.